The number of esters is 1. The molecule has 0 spiro atoms. The molecule has 2 rings (SSSR count). The molecule has 1 atom stereocenters. The standard InChI is InChI=1S/C16H15NO4/c17-16(19)15(12-7-3-1-4-8-12)21-14(18)11-20-13-9-5-2-6-10-13/h1-10,15H,11H2,(H2,17,19)/t15-/m1/s1. The molecule has 0 aliphatic carbocycles. The van der Waals surface area contributed by atoms with E-state index in [0.29, 0.717) is 11.3 Å². The number of para-hydroxylation sites is 1. The molecular formula is C16H15NO4. The van der Waals surface area contributed by atoms with Crippen molar-refractivity contribution in [3.63, 3.8) is 0 Å². The highest BCUT2D eigenvalue weighted by molar-refractivity contribution is 5.83. The van der Waals surface area contributed by atoms with Gasteiger partial charge in [-0.15, -0.1) is 0 Å². The minimum Gasteiger partial charge on any atom is -0.482 e. The van der Waals surface area contributed by atoms with Gasteiger partial charge in [-0.2, -0.15) is 0 Å². The molecule has 0 radical (unpaired) electrons. The number of rotatable bonds is 6. The van der Waals surface area contributed by atoms with Crippen molar-refractivity contribution in [1.29, 1.82) is 0 Å². The zero-order chi connectivity index (χ0) is 15.1. The highest BCUT2D eigenvalue weighted by Crippen LogP contribution is 2.17. The Bertz CT molecular complexity index is 598. The molecule has 2 N–H and O–H groups in total. The Kier molecular flexibility index (Phi) is 4.93. The molecule has 0 unspecified atom stereocenters. The normalized spacial score (nSPS) is 11.4. The van der Waals surface area contributed by atoms with Crippen LogP contribution in [0.3, 0.4) is 0 Å². The van der Waals surface area contributed by atoms with Crippen LogP contribution in [-0.4, -0.2) is 18.5 Å². The van der Waals surface area contributed by atoms with Crippen molar-refractivity contribution in [1.82, 2.24) is 0 Å². The van der Waals surface area contributed by atoms with Crippen LogP contribution in [0.25, 0.3) is 0 Å². The van der Waals surface area contributed by atoms with E-state index in [-0.39, 0.29) is 6.61 Å². The summed E-state index contributed by atoms with van der Waals surface area (Å²) in [6.07, 6.45) is -1.11. The largest absolute Gasteiger partial charge is 0.482 e. The maximum atomic E-state index is 11.7. The number of amides is 1. The average Bonchev–Trinajstić information content (AvgIpc) is 2.52. The van der Waals surface area contributed by atoms with Crippen LogP contribution in [0, 0.1) is 0 Å². The Morgan fingerprint density at radius 1 is 0.952 bits per heavy atom. The summed E-state index contributed by atoms with van der Waals surface area (Å²) < 4.78 is 10.3. The molecule has 2 aromatic rings. The van der Waals surface area contributed by atoms with Crippen LogP contribution >= 0.6 is 0 Å². The Balaban J connectivity index is 1.95. The first-order chi connectivity index (χ1) is 10.2. The molecular weight excluding hydrogens is 270 g/mol. The topological polar surface area (TPSA) is 78.6 Å². The lowest BCUT2D eigenvalue weighted by Crippen LogP contribution is -2.28. The zero-order valence-corrected chi connectivity index (χ0v) is 11.3. The van der Waals surface area contributed by atoms with Crippen molar-refractivity contribution in [3.8, 4) is 5.75 Å². The minimum absolute atomic E-state index is 0.291. The van der Waals surface area contributed by atoms with Crippen LogP contribution in [0.15, 0.2) is 60.7 Å². The molecule has 21 heavy (non-hydrogen) atoms. The quantitative estimate of drug-likeness (QED) is 0.821. The van der Waals surface area contributed by atoms with Crippen LogP contribution in [0.5, 0.6) is 5.75 Å². The lowest BCUT2D eigenvalue weighted by molar-refractivity contribution is -0.157. The van der Waals surface area contributed by atoms with Crippen molar-refractivity contribution in [2.75, 3.05) is 6.61 Å². The molecule has 0 saturated carbocycles. The molecule has 0 aliphatic heterocycles. The van der Waals surface area contributed by atoms with Gasteiger partial charge < -0.3 is 15.2 Å². The summed E-state index contributed by atoms with van der Waals surface area (Å²) >= 11 is 0. The molecule has 2 aromatic carbocycles. The lowest BCUT2D eigenvalue weighted by atomic mass is 10.1. The zero-order valence-electron chi connectivity index (χ0n) is 11.3. The predicted octanol–water partition coefficient (Wildman–Crippen LogP) is 1.84. The number of hydrogen-bond donors (Lipinski definition) is 1. The SMILES string of the molecule is NC(=O)[C@H](OC(=O)COc1ccccc1)c1ccccc1. The van der Waals surface area contributed by atoms with E-state index in [2.05, 4.69) is 0 Å². The molecule has 0 aromatic heterocycles. The molecule has 0 aliphatic rings. The number of hydrogen-bond acceptors (Lipinski definition) is 4. The van der Waals surface area contributed by atoms with Crippen LogP contribution < -0.4 is 10.5 Å². The second-order valence-corrected chi connectivity index (χ2v) is 4.28. The summed E-state index contributed by atoms with van der Waals surface area (Å²) in [5, 5.41) is 0. The van der Waals surface area contributed by atoms with Crippen LogP contribution in [-0.2, 0) is 14.3 Å². The molecule has 5 heteroatoms. The number of ether oxygens (including phenoxy) is 2. The maximum absolute atomic E-state index is 11.7. The van der Waals surface area contributed by atoms with E-state index in [1.165, 1.54) is 0 Å². The summed E-state index contributed by atoms with van der Waals surface area (Å²) in [7, 11) is 0. The van der Waals surface area contributed by atoms with E-state index >= 15 is 0 Å². The van der Waals surface area contributed by atoms with Crippen LogP contribution in [0.2, 0.25) is 0 Å². The third kappa shape index (κ3) is 4.35. The van der Waals surface area contributed by atoms with Crippen molar-refractivity contribution in [3.05, 3.63) is 66.2 Å². The van der Waals surface area contributed by atoms with Gasteiger partial charge in [-0.1, -0.05) is 48.5 Å². The second kappa shape index (κ2) is 7.09. The van der Waals surface area contributed by atoms with E-state index in [0.717, 1.165) is 0 Å². The number of primary amides is 1. The van der Waals surface area contributed by atoms with E-state index in [4.69, 9.17) is 15.2 Å². The molecule has 108 valence electrons. The summed E-state index contributed by atoms with van der Waals surface area (Å²) in [4.78, 5) is 23.2. The van der Waals surface area contributed by atoms with Gasteiger partial charge in [0.15, 0.2) is 6.61 Å². The van der Waals surface area contributed by atoms with Crippen molar-refractivity contribution >= 4 is 11.9 Å². The van der Waals surface area contributed by atoms with Gasteiger partial charge in [0.2, 0.25) is 6.10 Å². The average molecular weight is 285 g/mol. The first kappa shape index (κ1) is 14.6. The van der Waals surface area contributed by atoms with Gasteiger partial charge in [0.05, 0.1) is 0 Å². The lowest BCUT2D eigenvalue weighted by Gasteiger charge is -2.15. The minimum atomic E-state index is -1.11. The number of benzene rings is 2. The summed E-state index contributed by atoms with van der Waals surface area (Å²) in [6, 6.07) is 17.5. The third-order valence-electron chi connectivity index (χ3n) is 2.71. The summed E-state index contributed by atoms with van der Waals surface area (Å²) in [5.41, 5.74) is 5.79. The number of nitrogens with two attached hydrogens (primary N) is 1. The number of carbonyl (C=O) groups is 2. The van der Waals surface area contributed by atoms with Crippen LogP contribution in [0.4, 0.5) is 0 Å². The highest BCUT2D eigenvalue weighted by atomic mass is 16.6. The second-order valence-electron chi connectivity index (χ2n) is 4.28. The van der Waals surface area contributed by atoms with Gasteiger partial charge in [0, 0.05) is 5.56 Å². The highest BCUT2D eigenvalue weighted by Gasteiger charge is 2.22. The smallest absolute Gasteiger partial charge is 0.345 e. The monoisotopic (exact) mass is 285 g/mol. The van der Waals surface area contributed by atoms with E-state index in [1.54, 1.807) is 54.6 Å². The first-order valence-corrected chi connectivity index (χ1v) is 6.38. The van der Waals surface area contributed by atoms with Crippen molar-refractivity contribution in [2.45, 2.75) is 6.10 Å². The van der Waals surface area contributed by atoms with Crippen LogP contribution in [0.1, 0.15) is 11.7 Å². The van der Waals surface area contributed by atoms with Gasteiger partial charge in [-0.25, -0.2) is 4.79 Å². The van der Waals surface area contributed by atoms with Gasteiger partial charge in [-0.3, -0.25) is 4.79 Å². The van der Waals surface area contributed by atoms with E-state index < -0.39 is 18.0 Å². The molecule has 0 fully saturated rings. The van der Waals surface area contributed by atoms with E-state index in [1.807, 2.05) is 6.07 Å². The third-order valence-corrected chi connectivity index (χ3v) is 2.71. The molecule has 0 saturated heterocycles. The predicted molar refractivity (Wildman–Crippen MR) is 76.4 cm³/mol. The van der Waals surface area contributed by atoms with E-state index in [9.17, 15) is 9.59 Å². The van der Waals surface area contributed by atoms with Crippen molar-refractivity contribution < 1.29 is 19.1 Å². The molecule has 0 bridgehead atoms. The van der Waals surface area contributed by atoms with Gasteiger partial charge in [-0.05, 0) is 12.1 Å². The summed E-state index contributed by atoms with van der Waals surface area (Å²) in [6.45, 7) is -0.291. The molecule has 1 amide bonds. The fourth-order valence-electron chi connectivity index (χ4n) is 1.74. The molecule has 5 nitrogen and oxygen atoms in total. The fourth-order valence-corrected chi connectivity index (χ4v) is 1.74. The van der Waals surface area contributed by atoms with Gasteiger partial charge in [0.25, 0.3) is 5.91 Å². The van der Waals surface area contributed by atoms with Gasteiger partial charge >= 0.3 is 5.97 Å². The fraction of sp³-hybridized carbons (Fsp3) is 0.125. The Morgan fingerprint density at radius 3 is 2.10 bits per heavy atom. The Morgan fingerprint density at radius 2 is 1.52 bits per heavy atom. The number of carbonyl (C=O) groups excluding carboxylic acids is 2. The Hall–Kier alpha value is -2.82. The first-order valence-electron chi connectivity index (χ1n) is 6.38. The van der Waals surface area contributed by atoms with Crippen molar-refractivity contribution in [2.24, 2.45) is 5.73 Å². The summed E-state index contributed by atoms with van der Waals surface area (Å²) in [5.74, 6) is -0.842. The Labute approximate surface area is 122 Å². The maximum Gasteiger partial charge on any atom is 0.345 e. The van der Waals surface area contributed by atoms with Gasteiger partial charge in [0.1, 0.15) is 5.75 Å². The molecule has 0 heterocycles.